The van der Waals surface area contributed by atoms with Gasteiger partial charge in [-0.15, -0.1) is 0 Å². The van der Waals surface area contributed by atoms with E-state index >= 15 is 0 Å². The molecule has 0 saturated carbocycles. The summed E-state index contributed by atoms with van der Waals surface area (Å²) in [6.07, 6.45) is 0. The van der Waals surface area contributed by atoms with Crippen LogP contribution in [0.1, 0.15) is 0 Å². The summed E-state index contributed by atoms with van der Waals surface area (Å²) in [6.45, 7) is 0. The first-order valence-corrected chi connectivity index (χ1v) is 0. The zero-order chi connectivity index (χ0) is 0. The zero-order valence-electron chi connectivity index (χ0n) is 3.10. The third kappa shape index (κ3) is 27.7. The number of rotatable bonds is 0. The van der Waals surface area contributed by atoms with Gasteiger partial charge in [0.15, 0.2) is 0 Å². The Morgan fingerprint density at radius 3 is 0.833 bits per heavy atom. The van der Waals surface area contributed by atoms with Crippen LogP contribution in [0.4, 0.5) is 0 Å². The van der Waals surface area contributed by atoms with Crippen molar-refractivity contribution in [1.82, 2.24) is 0 Å². The Morgan fingerprint density at radius 1 is 0.833 bits per heavy atom. The van der Waals surface area contributed by atoms with E-state index in [4.69, 9.17) is 0 Å². The van der Waals surface area contributed by atoms with Gasteiger partial charge in [-0.1, -0.05) is 0 Å². The summed E-state index contributed by atoms with van der Waals surface area (Å²) < 4.78 is 0. The van der Waals surface area contributed by atoms with Crippen molar-refractivity contribution in [1.29, 1.82) is 0 Å². The molecule has 0 rings (SSSR count). The molecule has 2 nitrogen and oxygen atoms in total. The van der Waals surface area contributed by atoms with Crippen LogP contribution in [-0.2, 0) is 38.3 Å². The van der Waals surface area contributed by atoms with E-state index < -0.39 is 0 Å². The molecule has 6 heavy (non-hydrogen) atoms. The van der Waals surface area contributed by atoms with Crippen LogP contribution in [0, 0.1) is 0 Å². The van der Waals surface area contributed by atoms with E-state index in [1.165, 1.54) is 0 Å². The van der Waals surface area contributed by atoms with Crippen molar-refractivity contribution < 1.29 is 38.3 Å². The molecule has 0 saturated heterocycles. The van der Waals surface area contributed by atoms with Crippen LogP contribution in [-0.4, -0.2) is 67.3 Å². The standard InChI is InChI=1S/Cd.Ge.In.2O.Sn/q;;;2*-2;+4. The third-order valence-electron chi connectivity index (χ3n) is 0. The average Bonchev–Trinajstić information content (AvgIpc) is 0. The molecule has 0 N–H and O–H groups in total. The summed E-state index contributed by atoms with van der Waals surface area (Å²) in [5, 5.41) is 0. The molecule has 0 bridgehead atoms. The molecule has 25 valence electrons. The van der Waals surface area contributed by atoms with Crippen LogP contribution in [0.2, 0.25) is 0 Å². The first kappa shape index (κ1) is 63.0. The third-order valence-corrected chi connectivity index (χ3v) is 0. The van der Waals surface area contributed by atoms with Gasteiger partial charge in [0.25, 0.3) is 0 Å². The Labute approximate surface area is 104 Å². The Bertz CT molecular complexity index is 13.5. The van der Waals surface area contributed by atoms with Crippen LogP contribution in [0.25, 0.3) is 0 Å². The maximum Gasteiger partial charge on any atom is 4.00 e. The maximum atomic E-state index is 0. The van der Waals surface area contributed by atoms with Gasteiger partial charge >= 0.3 is 23.9 Å². The average molecular weight is 451 g/mol. The summed E-state index contributed by atoms with van der Waals surface area (Å²) in [5.41, 5.74) is 0. The van der Waals surface area contributed by atoms with E-state index in [-0.39, 0.29) is 106 Å². The van der Waals surface area contributed by atoms with Gasteiger partial charge in [-0.2, -0.15) is 0 Å². The summed E-state index contributed by atoms with van der Waals surface area (Å²) in [6, 6.07) is 0. The molecule has 0 amide bonds. The number of hydrogen-bond donors (Lipinski definition) is 0. The molecule has 0 aromatic rings. The topological polar surface area (TPSA) is 57.0 Å². The van der Waals surface area contributed by atoms with Gasteiger partial charge in [-0.3, -0.25) is 0 Å². The van der Waals surface area contributed by atoms with Gasteiger partial charge in [0.1, 0.15) is 0 Å². The molecular weight excluding hydrogens is 451 g/mol. The van der Waals surface area contributed by atoms with Crippen LogP contribution < -0.4 is 0 Å². The van der Waals surface area contributed by atoms with Gasteiger partial charge in [0, 0.05) is 70.7 Å². The number of hydrogen-bond acceptors (Lipinski definition) is 0. The Kier molecular flexibility index (Phi) is 451. The fraction of sp³-hybridized carbons (Fsp3) is 0. The van der Waals surface area contributed by atoms with E-state index in [1.807, 2.05) is 0 Å². The largest absolute Gasteiger partial charge is 4.00 e. The van der Waals surface area contributed by atoms with Crippen molar-refractivity contribution in [3.05, 3.63) is 0 Å². The molecule has 0 spiro atoms. The molecule has 0 aromatic heterocycles. The second kappa shape index (κ2) is 43.0. The van der Waals surface area contributed by atoms with E-state index in [0.717, 1.165) is 0 Å². The van der Waals surface area contributed by atoms with E-state index in [1.54, 1.807) is 0 Å². The van der Waals surface area contributed by atoms with Crippen LogP contribution in [0.3, 0.4) is 0 Å². The van der Waals surface area contributed by atoms with Gasteiger partial charge in [-0.05, 0) is 0 Å². The van der Waals surface area contributed by atoms with Crippen molar-refractivity contribution in [2.24, 2.45) is 0 Å². The van der Waals surface area contributed by atoms with Gasteiger partial charge in [-0.25, -0.2) is 0 Å². The van der Waals surface area contributed by atoms with E-state index in [0.29, 0.717) is 0 Å². The molecule has 7 radical (unpaired) electrons. The summed E-state index contributed by atoms with van der Waals surface area (Å²) in [5.74, 6) is 0. The Morgan fingerprint density at radius 2 is 0.833 bits per heavy atom. The fourth-order valence-electron chi connectivity index (χ4n) is 0. The monoisotopic (exact) mass is 455 g/mol. The maximum absolute atomic E-state index is 0. The van der Waals surface area contributed by atoms with Gasteiger partial charge in [0.2, 0.25) is 0 Å². The van der Waals surface area contributed by atoms with E-state index in [9.17, 15) is 0 Å². The predicted octanol–water partition coefficient (Wildman–Crippen LogP) is -1.38. The van der Waals surface area contributed by atoms with Crippen LogP contribution in [0.5, 0.6) is 0 Å². The fourth-order valence-corrected chi connectivity index (χ4v) is 0. The minimum absolute atomic E-state index is 0. The van der Waals surface area contributed by atoms with Crippen molar-refractivity contribution in [3.8, 4) is 0 Å². The van der Waals surface area contributed by atoms with Gasteiger partial charge < -0.3 is 11.0 Å². The minimum atomic E-state index is 0. The molecule has 6 heteroatoms. The van der Waals surface area contributed by atoms with Crippen LogP contribution >= 0.6 is 0 Å². The normalized spacial score (nSPS) is 0. The molecule has 0 atom stereocenters. The zero-order valence-corrected chi connectivity index (χ0v) is 15.4. The molecule has 0 unspecified atom stereocenters. The van der Waals surface area contributed by atoms with Gasteiger partial charge in [0.05, 0.1) is 0 Å². The first-order valence-electron chi connectivity index (χ1n) is 0. The SMILES string of the molecule is [Cd].[Ge].[In].[O-2].[O-2].[Sn+4]. The van der Waals surface area contributed by atoms with E-state index in [2.05, 4.69) is 0 Å². The molecular formula is CdGeInO2Sn. The smallest absolute Gasteiger partial charge is 2.00 e. The quantitative estimate of drug-likeness (QED) is 0.409. The molecule has 0 aromatic carbocycles. The van der Waals surface area contributed by atoms with Crippen molar-refractivity contribution in [2.75, 3.05) is 0 Å². The molecule has 0 fully saturated rings. The first-order chi connectivity index (χ1) is 0. The molecule has 0 aliphatic rings. The summed E-state index contributed by atoms with van der Waals surface area (Å²) >= 11 is 0. The van der Waals surface area contributed by atoms with Crippen LogP contribution in [0.15, 0.2) is 0 Å². The van der Waals surface area contributed by atoms with Crippen molar-refractivity contribution in [3.63, 3.8) is 0 Å². The molecule has 0 heterocycles. The minimum Gasteiger partial charge on any atom is -2.00 e. The van der Waals surface area contributed by atoms with Crippen molar-refractivity contribution >= 4 is 67.3 Å². The molecule has 0 aliphatic heterocycles. The Hall–Kier alpha value is 3.05. The summed E-state index contributed by atoms with van der Waals surface area (Å²) in [7, 11) is 0. The predicted molar refractivity (Wildman–Crippen MR) is 18.6 cm³/mol. The molecule has 0 aliphatic carbocycles. The summed E-state index contributed by atoms with van der Waals surface area (Å²) in [4.78, 5) is 0. The van der Waals surface area contributed by atoms with Crippen molar-refractivity contribution in [2.45, 2.75) is 0 Å². The Balaban J connectivity index is 0. The second-order valence-electron chi connectivity index (χ2n) is 0. The second-order valence-corrected chi connectivity index (χ2v) is 0.